The van der Waals surface area contributed by atoms with E-state index in [1.165, 1.54) is 0 Å². The molecule has 2 aliphatic rings. The maximum absolute atomic E-state index is 13.2. The average molecular weight is 589 g/mol. The molecule has 2 aromatic rings. The van der Waals surface area contributed by atoms with Crippen molar-refractivity contribution in [2.24, 2.45) is 9.98 Å². The number of aryl methyl sites for hydroxylation is 1. The number of nitrogens with zero attached hydrogens (tertiary/aromatic N) is 3. The van der Waals surface area contributed by atoms with Crippen LogP contribution in [0.4, 0.5) is 11.4 Å². The third-order valence-corrected chi connectivity index (χ3v) is 7.24. The Morgan fingerprint density at radius 2 is 1.84 bits per heavy atom. The molecule has 43 heavy (non-hydrogen) atoms. The normalized spacial score (nSPS) is 16.4. The summed E-state index contributed by atoms with van der Waals surface area (Å²) in [7, 11) is 3.15. The molecule has 2 unspecified atom stereocenters. The summed E-state index contributed by atoms with van der Waals surface area (Å²) in [6, 6.07) is 6.87. The van der Waals surface area contributed by atoms with Gasteiger partial charge in [-0.2, -0.15) is 0 Å². The summed E-state index contributed by atoms with van der Waals surface area (Å²) < 4.78 is 23.2. The number of benzene rings is 2. The average Bonchev–Trinajstić information content (AvgIpc) is 3.32. The maximum Gasteiger partial charge on any atom is 0.257 e. The Bertz CT molecular complexity index is 1430. The molecular formula is C33H40N4O6. The molecule has 0 spiro atoms. The molecule has 0 saturated carbocycles. The number of methoxy groups -OCH3 is 2. The zero-order valence-electron chi connectivity index (χ0n) is 25.4. The van der Waals surface area contributed by atoms with Crippen LogP contribution in [0.25, 0.3) is 0 Å². The molecule has 2 aromatic carbocycles. The molecule has 10 heteroatoms. The molecule has 2 amide bonds. The lowest BCUT2D eigenvalue weighted by Gasteiger charge is -2.20. The molecule has 0 bridgehead atoms. The fourth-order valence-electron chi connectivity index (χ4n) is 5.08. The van der Waals surface area contributed by atoms with E-state index >= 15 is 0 Å². The Kier molecular flexibility index (Phi) is 10.6. The van der Waals surface area contributed by atoms with E-state index in [1.54, 1.807) is 43.7 Å². The fourth-order valence-corrected chi connectivity index (χ4v) is 5.08. The number of rotatable bonds is 15. The van der Waals surface area contributed by atoms with Crippen LogP contribution in [0, 0.1) is 0 Å². The van der Waals surface area contributed by atoms with Gasteiger partial charge in [-0.25, -0.2) is 0 Å². The van der Waals surface area contributed by atoms with Crippen molar-refractivity contribution in [3.63, 3.8) is 0 Å². The van der Waals surface area contributed by atoms with Gasteiger partial charge in [-0.3, -0.25) is 19.6 Å². The predicted molar refractivity (Wildman–Crippen MR) is 168 cm³/mol. The minimum atomic E-state index is -0.255. The number of carbonyl (C=O) groups is 2. The highest BCUT2D eigenvalue weighted by Gasteiger charge is 2.34. The zero-order chi connectivity index (χ0) is 30.9. The van der Waals surface area contributed by atoms with E-state index in [0.29, 0.717) is 73.3 Å². The molecule has 2 heterocycles. The molecule has 10 nitrogen and oxygen atoms in total. The Morgan fingerprint density at radius 1 is 1.14 bits per heavy atom. The van der Waals surface area contributed by atoms with Gasteiger partial charge in [-0.1, -0.05) is 24.6 Å². The van der Waals surface area contributed by atoms with Crippen LogP contribution in [-0.4, -0.2) is 75.7 Å². The first-order valence-electron chi connectivity index (χ1n) is 14.4. The number of hydrogen-bond acceptors (Lipinski definition) is 8. The number of hydrogen-bond donors (Lipinski definition) is 1. The molecule has 0 aromatic heterocycles. The molecule has 1 saturated heterocycles. The first-order valence-corrected chi connectivity index (χ1v) is 14.4. The molecule has 4 rings (SSSR count). The first-order chi connectivity index (χ1) is 20.8. The lowest BCUT2D eigenvalue weighted by molar-refractivity contribution is -0.109. The van der Waals surface area contributed by atoms with Crippen molar-refractivity contribution in [3.05, 3.63) is 59.7 Å². The van der Waals surface area contributed by atoms with Crippen molar-refractivity contribution >= 4 is 36.1 Å². The molecule has 2 aliphatic heterocycles. The van der Waals surface area contributed by atoms with E-state index in [2.05, 4.69) is 28.5 Å². The summed E-state index contributed by atoms with van der Waals surface area (Å²) in [5.41, 5.74) is 4.73. The number of aliphatic imine (C=N–C) groups is 2. The SMILES string of the molecule is C=C(C)CC(C=Nc1cc(OCCCOc2cc3c(cc2OC)C(=O)N2CC(=C)CC2C=N3)c(OC)cc1CC)NC=O. The Morgan fingerprint density at radius 3 is 2.49 bits per heavy atom. The van der Waals surface area contributed by atoms with Crippen LogP contribution in [0.1, 0.15) is 49.0 Å². The van der Waals surface area contributed by atoms with Crippen LogP contribution in [-0.2, 0) is 11.2 Å². The number of carbonyl (C=O) groups excluding carboxylic acids is 2. The van der Waals surface area contributed by atoms with Gasteiger partial charge in [0.05, 0.1) is 56.5 Å². The third kappa shape index (κ3) is 7.63. The standard InChI is InChI=1S/C33H40N4O6/c1-7-23-13-29(40-5)31(15-27(23)34-17-24(36-20-38)11-21(2)3)42-9-8-10-43-32-16-28-26(14-30(32)41-6)33(39)37-19-22(4)12-25(37)18-35-28/h13-18,20,24-25H,2,4,7-12,19H2,1,3,5-6H3,(H,36,38). The number of nitrogens with one attached hydrogen (secondary N) is 1. The van der Waals surface area contributed by atoms with Gasteiger partial charge < -0.3 is 29.2 Å². The van der Waals surface area contributed by atoms with E-state index in [9.17, 15) is 9.59 Å². The summed E-state index contributed by atoms with van der Waals surface area (Å²) in [6.07, 6.45) is 6.82. The van der Waals surface area contributed by atoms with Crippen LogP contribution in [0.15, 0.2) is 58.6 Å². The van der Waals surface area contributed by atoms with Crippen LogP contribution in [0.5, 0.6) is 23.0 Å². The van der Waals surface area contributed by atoms with Crippen molar-refractivity contribution in [3.8, 4) is 23.0 Å². The minimum Gasteiger partial charge on any atom is -0.493 e. The molecule has 1 fully saturated rings. The number of ether oxygens (including phenoxy) is 4. The Hall–Kier alpha value is -4.60. The van der Waals surface area contributed by atoms with E-state index in [0.717, 1.165) is 35.2 Å². The van der Waals surface area contributed by atoms with Crippen molar-refractivity contribution in [2.75, 3.05) is 34.0 Å². The van der Waals surface area contributed by atoms with Gasteiger partial charge in [-0.15, -0.1) is 6.58 Å². The Balaban J connectivity index is 1.41. The van der Waals surface area contributed by atoms with Gasteiger partial charge in [0.1, 0.15) is 0 Å². The second kappa shape index (κ2) is 14.5. The second-order valence-electron chi connectivity index (χ2n) is 10.6. The van der Waals surface area contributed by atoms with Gasteiger partial charge >= 0.3 is 0 Å². The van der Waals surface area contributed by atoms with Crippen LogP contribution >= 0.6 is 0 Å². The summed E-state index contributed by atoms with van der Waals surface area (Å²) in [4.78, 5) is 35.2. The quantitative estimate of drug-likeness (QED) is 0.129. The van der Waals surface area contributed by atoms with Gasteiger partial charge in [0, 0.05) is 37.5 Å². The van der Waals surface area contributed by atoms with E-state index in [-0.39, 0.29) is 18.0 Å². The molecule has 0 aliphatic carbocycles. The maximum atomic E-state index is 13.2. The van der Waals surface area contributed by atoms with Gasteiger partial charge in [0.2, 0.25) is 6.41 Å². The van der Waals surface area contributed by atoms with Crippen LogP contribution in [0.3, 0.4) is 0 Å². The molecule has 228 valence electrons. The minimum absolute atomic E-state index is 0.0831. The van der Waals surface area contributed by atoms with Crippen LogP contribution < -0.4 is 24.3 Å². The van der Waals surface area contributed by atoms with Crippen molar-refractivity contribution in [2.45, 2.75) is 51.6 Å². The lowest BCUT2D eigenvalue weighted by Crippen LogP contribution is -2.35. The van der Waals surface area contributed by atoms with E-state index in [1.807, 2.05) is 26.0 Å². The highest BCUT2D eigenvalue weighted by Crippen LogP contribution is 2.39. The monoisotopic (exact) mass is 588 g/mol. The van der Waals surface area contributed by atoms with Gasteiger partial charge in [0.25, 0.3) is 5.91 Å². The van der Waals surface area contributed by atoms with Crippen molar-refractivity contribution < 1.29 is 28.5 Å². The van der Waals surface area contributed by atoms with Crippen molar-refractivity contribution in [1.82, 2.24) is 10.2 Å². The predicted octanol–water partition coefficient (Wildman–Crippen LogP) is 5.38. The van der Waals surface area contributed by atoms with E-state index in [4.69, 9.17) is 18.9 Å². The number of fused-ring (bicyclic) bond motifs is 2. The highest BCUT2D eigenvalue weighted by molar-refractivity contribution is 6.03. The summed E-state index contributed by atoms with van der Waals surface area (Å²) in [5.74, 6) is 2.05. The molecule has 2 atom stereocenters. The molecular weight excluding hydrogens is 548 g/mol. The fraction of sp³-hybridized carbons (Fsp3) is 0.394. The largest absolute Gasteiger partial charge is 0.493 e. The summed E-state index contributed by atoms with van der Waals surface area (Å²) in [6.45, 7) is 13.1. The summed E-state index contributed by atoms with van der Waals surface area (Å²) in [5, 5.41) is 2.76. The van der Waals surface area contributed by atoms with Crippen molar-refractivity contribution in [1.29, 1.82) is 0 Å². The van der Waals surface area contributed by atoms with Gasteiger partial charge in [0.15, 0.2) is 23.0 Å². The summed E-state index contributed by atoms with van der Waals surface area (Å²) >= 11 is 0. The smallest absolute Gasteiger partial charge is 0.257 e. The molecule has 1 N–H and O–H groups in total. The first kappa shape index (κ1) is 31.3. The zero-order valence-corrected chi connectivity index (χ0v) is 25.4. The van der Waals surface area contributed by atoms with Crippen LogP contribution in [0.2, 0.25) is 0 Å². The lowest BCUT2D eigenvalue weighted by atomic mass is 10.1. The molecule has 0 radical (unpaired) electrons. The number of amides is 2. The van der Waals surface area contributed by atoms with Gasteiger partial charge in [-0.05, 0) is 43.9 Å². The topological polar surface area (TPSA) is 111 Å². The third-order valence-electron chi connectivity index (χ3n) is 7.24. The van der Waals surface area contributed by atoms with E-state index < -0.39 is 0 Å². The Labute approximate surface area is 253 Å². The second-order valence-corrected chi connectivity index (χ2v) is 10.6. The highest BCUT2D eigenvalue weighted by atomic mass is 16.5.